The van der Waals surface area contributed by atoms with Crippen LogP contribution in [0.5, 0.6) is 0 Å². The number of carbonyl (C=O) groups is 3. The summed E-state index contributed by atoms with van der Waals surface area (Å²) in [6.07, 6.45) is 1.64. The molecule has 2 atom stereocenters. The lowest BCUT2D eigenvalue weighted by molar-refractivity contribution is -0.146. The molecule has 0 aliphatic carbocycles. The maximum Gasteiger partial charge on any atom is 0.336 e. The summed E-state index contributed by atoms with van der Waals surface area (Å²) >= 11 is 1.52. The summed E-state index contributed by atoms with van der Waals surface area (Å²) in [6.45, 7) is 2.46. The number of hydrogen-bond donors (Lipinski definition) is 1. The zero-order chi connectivity index (χ0) is 22.1. The van der Waals surface area contributed by atoms with E-state index in [4.69, 9.17) is 4.42 Å². The summed E-state index contributed by atoms with van der Waals surface area (Å²) in [5.41, 5.74) is 1.99. The van der Waals surface area contributed by atoms with Crippen molar-refractivity contribution in [1.29, 1.82) is 0 Å². The highest BCUT2D eigenvalue weighted by molar-refractivity contribution is 7.13. The van der Waals surface area contributed by atoms with Gasteiger partial charge in [0.25, 0.3) is 0 Å². The van der Waals surface area contributed by atoms with Crippen LogP contribution in [0.1, 0.15) is 29.9 Å². The van der Waals surface area contributed by atoms with Gasteiger partial charge in [0.1, 0.15) is 17.8 Å². The lowest BCUT2D eigenvalue weighted by atomic mass is 9.93. The largest absolute Gasteiger partial charge is 0.481 e. The minimum absolute atomic E-state index is 0.0863. The fourth-order valence-corrected chi connectivity index (χ4v) is 5.02. The number of rotatable bonds is 5. The van der Waals surface area contributed by atoms with Crippen LogP contribution < -0.4 is 5.63 Å². The minimum atomic E-state index is -1.09. The van der Waals surface area contributed by atoms with E-state index in [0.29, 0.717) is 36.8 Å². The molecule has 1 aliphatic rings. The van der Waals surface area contributed by atoms with Gasteiger partial charge in [0.2, 0.25) is 5.91 Å². The summed E-state index contributed by atoms with van der Waals surface area (Å²) in [7, 11) is 0. The third-order valence-corrected chi connectivity index (χ3v) is 6.77. The van der Waals surface area contributed by atoms with E-state index >= 15 is 0 Å². The Morgan fingerprint density at radius 2 is 2.10 bits per heavy atom. The first-order valence-electron chi connectivity index (χ1n) is 9.98. The molecule has 3 heterocycles. The van der Waals surface area contributed by atoms with Gasteiger partial charge >= 0.3 is 11.6 Å². The number of hydrogen-bond acceptors (Lipinski definition) is 6. The number of amides is 1. The number of nitrogens with zero attached hydrogens (tertiary/aromatic N) is 1. The molecular weight excluding hydrogens is 418 g/mol. The zero-order valence-electron chi connectivity index (χ0n) is 16.9. The summed E-state index contributed by atoms with van der Waals surface area (Å²) in [5.74, 6) is -3.09. The van der Waals surface area contributed by atoms with Crippen molar-refractivity contribution < 1.29 is 23.9 Å². The Morgan fingerprint density at radius 3 is 2.77 bits per heavy atom. The number of aldehydes is 1. The van der Waals surface area contributed by atoms with Gasteiger partial charge in [-0.15, -0.1) is 11.3 Å². The molecule has 8 heteroatoms. The van der Waals surface area contributed by atoms with E-state index in [-0.39, 0.29) is 6.54 Å². The SMILES string of the molecule is Cc1ccsc1-c1cc(=O)oc2cc(C(C=O)C(=O)N3CCC[C@H](C(=O)O)C3)ccc12. The Kier molecular flexibility index (Phi) is 5.73. The second kappa shape index (κ2) is 8.47. The topological polar surface area (TPSA) is 105 Å². The molecule has 4 rings (SSSR count). The summed E-state index contributed by atoms with van der Waals surface area (Å²) in [5, 5.41) is 11.9. The van der Waals surface area contributed by atoms with Crippen molar-refractivity contribution in [3.05, 3.63) is 57.3 Å². The Morgan fingerprint density at radius 1 is 1.29 bits per heavy atom. The van der Waals surface area contributed by atoms with Crippen LogP contribution in [0, 0.1) is 12.8 Å². The number of thiophene rings is 1. The van der Waals surface area contributed by atoms with Crippen molar-refractivity contribution in [2.45, 2.75) is 25.7 Å². The Bertz CT molecular complexity index is 1230. The van der Waals surface area contributed by atoms with Crippen LogP contribution in [-0.4, -0.2) is 41.3 Å². The molecule has 31 heavy (non-hydrogen) atoms. The van der Waals surface area contributed by atoms with Crippen molar-refractivity contribution in [1.82, 2.24) is 4.90 Å². The molecule has 3 aromatic rings. The maximum atomic E-state index is 13.0. The Hall–Kier alpha value is -3.26. The van der Waals surface area contributed by atoms with Crippen molar-refractivity contribution in [2.75, 3.05) is 13.1 Å². The van der Waals surface area contributed by atoms with E-state index in [1.54, 1.807) is 18.2 Å². The summed E-state index contributed by atoms with van der Waals surface area (Å²) in [6, 6.07) is 8.41. The highest BCUT2D eigenvalue weighted by Crippen LogP contribution is 2.35. The third-order valence-electron chi connectivity index (χ3n) is 5.72. The van der Waals surface area contributed by atoms with E-state index < -0.39 is 29.3 Å². The van der Waals surface area contributed by atoms with Gasteiger partial charge in [-0.1, -0.05) is 12.1 Å². The van der Waals surface area contributed by atoms with Crippen LogP contribution in [0.4, 0.5) is 0 Å². The van der Waals surface area contributed by atoms with Gasteiger partial charge in [-0.2, -0.15) is 0 Å². The summed E-state index contributed by atoms with van der Waals surface area (Å²) in [4.78, 5) is 50.8. The fraction of sp³-hybridized carbons (Fsp3) is 0.304. The molecule has 2 aromatic heterocycles. The average Bonchev–Trinajstić information content (AvgIpc) is 3.19. The molecule has 0 spiro atoms. The van der Waals surface area contributed by atoms with Crippen molar-refractivity contribution in [3.63, 3.8) is 0 Å². The zero-order valence-corrected chi connectivity index (χ0v) is 17.7. The number of benzene rings is 1. The number of fused-ring (bicyclic) bond motifs is 1. The lowest BCUT2D eigenvalue weighted by Gasteiger charge is -2.32. The highest BCUT2D eigenvalue weighted by Gasteiger charge is 2.32. The van der Waals surface area contributed by atoms with E-state index in [1.165, 1.54) is 22.3 Å². The van der Waals surface area contributed by atoms with Gasteiger partial charge in [-0.25, -0.2) is 4.79 Å². The van der Waals surface area contributed by atoms with Crippen LogP contribution in [0.25, 0.3) is 21.4 Å². The Balaban J connectivity index is 1.71. The van der Waals surface area contributed by atoms with E-state index in [0.717, 1.165) is 21.4 Å². The molecule has 0 radical (unpaired) electrons. The fourth-order valence-electron chi connectivity index (χ4n) is 4.06. The third kappa shape index (κ3) is 4.03. The van der Waals surface area contributed by atoms with Crippen LogP contribution in [0.15, 0.2) is 44.9 Å². The average molecular weight is 439 g/mol. The molecule has 1 unspecified atom stereocenters. The number of carboxylic acids is 1. The monoisotopic (exact) mass is 439 g/mol. The van der Waals surface area contributed by atoms with Crippen LogP contribution in [0.3, 0.4) is 0 Å². The molecular formula is C23H21NO6S. The number of likely N-dealkylation sites (tertiary alicyclic amines) is 1. The first-order chi connectivity index (χ1) is 14.9. The second-order valence-corrected chi connectivity index (χ2v) is 8.66. The van der Waals surface area contributed by atoms with Crippen molar-refractivity contribution in [3.8, 4) is 10.4 Å². The van der Waals surface area contributed by atoms with Gasteiger partial charge in [0, 0.05) is 35.0 Å². The number of aliphatic carboxylic acids is 1. The van der Waals surface area contributed by atoms with Crippen LogP contribution in [0.2, 0.25) is 0 Å². The molecule has 1 fully saturated rings. The van der Waals surface area contributed by atoms with Crippen molar-refractivity contribution in [2.24, 2.45) is 5.92 Å². The smallest absolute Gasteiger partial charge is 0.336 e. The highest BCUT2D eigenvalue weighted by atomic mass is 32.1. The second-order valence-electron chi connectivity index (χ2n) is 7.74. The number of piperidine rings is 1. The van der Waals surface area contributed by atoms with Crippen molar-refractivity contribution >= 4 is 40.5 Å². The molecule has 0 bridgehead atoms. The van der Waals surface area contributed by atoms with Gasteiger partial charge in [0.15, 0.2) is 0 Å². The van der Waals surface area contributed by atoms with E-state index in [9.17, 15) is 24.3 Å². The molecule has 1 amide bonds. The minimum Gasteiger partial charge on any atom is -0.481 e. The van der Waals surface area contributed by atoms with Gasteiger partial charge in [-0.3, -0.25) is 9.59 Å². The quantitative estimate of drug-likeness (QED) is 0.371. The molecule has 7 nitrogen and oxygen atoms in total. The van der Waals surface area contributed by atoms with E-state index in [1.807, 2.05) is 18.4 Å². The predicted molar refractivity (Wildman–Crippen MR) is 116 cm³/mol. The maximum absolute atomic E-state index is 13.0. The van der Waals surface area contributed by atoms with Gasteiger partial charge in [0.05, 0.1) is 5.92 Å². The Labute approximate surface area is 181 Å². The molecule has 1 N–H and O–H groups in total. The number of carbonyl (C=O) groups excluding carboxylic acids is 2. The lowest BCUT2D eigenvalue weighted by Crippen LogP contribution is -2.44. The van der Waals surface area contributed by atoms with Gasteiger partial charge in [-0.05, 0) is 48.4 Å². The molecule has 160 valence electrons. The first-order valence-corrected chi connectivity index (χ1v) is 10.9. The standard InChI is InChI=1S/C23H21NO6S/c1-13-6-8-31-21(13)17-10-20(26)30-19-9-14(4-5-16(17)19)18(12-25)22(27)24-7-2-3-15(11-24)23(28)29/h4-6,8-10,12,15,18H,2-3,7,11H2,1H3,(H,28,29)/t15-,18?/m0/s1. The van der Waals surface area contributed by atoms with Gasteiger partial charge < -0.3 is 19.2 Å². The number of carboxylic acid groups (broad SMARTS) is 1. The normalized spacial score (nSPS) is 17.5. The molecule has 1 aromatic carbocycles. The molecule has 1 saturated heterocycles. The molecule has 1 aliphatic heterocycles. The number of aryl methyl sites for hydroxylation is 1. The van der Waals surface area contributed by atoms with Crippen LogP contribution in [-0.2, 0) is 14.4 Å². The summed E-state index contributed by atoms with van der Waals surface area (Å²) < 4.78 is 5.38. The molecule has 0 saturated carbocycles. The predicted octanol–water partition coefficient (Wildman–Crippen LogP) is 3.44. The van der Waals surface area contributed by atoms with Crippen LogP contribution >= 0.6 is 11.3 Å². The van der Waals surface area contributed by atoms with E-state index in [2.05, 4.69) is 0 Å². The first kappa shape index (κ1) is 21.0.